The number of methoxy groups -OCH3 is 1. The van der Waals surface area contributed by atoms with Crippen LogP contribution in [0.5, 0.6) is 5.75 Å². The molecule has 1 heterocycles. The van der Waals surface area contributed by atoms with Gasteiger partial charge in [-0.2, -0.15) is 0 Å². The van der Waals surface area contributed by atoms with Crippen LogP contribution in [0.3, 0.4) is 0 Å². The van der Waals surface area contributed by atoms with E-state index in [0.29, 0.717) is 11.6 Å². The first-order chi connectivity index (χ1) is 12.3. The second-order valence-corrected chi connectivity index (χ2v) is 6.53. The fourth-order valence-corrected chi connectivity index (χ4v) is 3.30. The van der Waals surface area contributed by atoms with Gasteiger partial charge in [0.1, 0.15) is 5.75 Å². The van der Waals surface area contributed by atoms with Crippen LogP contribution < -0.4 is 15.4 Å². The Morgan fingerprint density at radius 3 is 2.68 bits per heavy atom. The van der Waals surface area contributed by atoms with Crippen molar-refractivity contribution in [2.24, 2.45) is 0 Å². The number of hydrogen-bond acceptors (Lipinski definition) is 3. The van der Waals surface area contributed by atoms with Crippen molar-refractivity contribution in [3.05, 3.63) is 59.7 Å². The average Bonchev–Trinajstić information content (AvgIpc) is 2.68. The number of piperidine rings is 1. The first kappa shape index (κ1) is 17.5. The van der Waals surface area contributed by atoms with Gasteiger partial charge in [-0.3, -0.25) is 4.79 Å². The third-order valence-corrected chi connectivity index (χ3v) is 4.79. The largest absolute Gasteiger partial charge is 0.497 e. The first-order valence-corrected chi connectivity index (χ1v) is 9.03. The highest BCUT2D eigenvalue weighted by Gasteiger charge is 2.14. The number of hydrogen-bond donors (Lipinski definition) is 2. The molecule has 2 aromatic carbocycles. The topological polar surface area (TPSA) is 50.4 Å². The van der Waals surface area contributed by atoms with Crippen LogP contribution in [0.4, 0.5) is 5.69 Å². The molecule has 1 saturated heterocycles. The van der Waals surface area contributed by atoms with E-state index in [9.17, 15) is 4.79 Å². The van der Waals surface area contributed by atoms with Crippen molar-refractivity contribution in [3.63, 3.8) is 0 Å². The Morgan fingerprint density at radius 2 is 1.96 bits per heavy atom. The van der Waals surface area contributed by atoms with E-state index >= 15 is 0 Å². The van der Waals surface area contributed by atoms with Gasteiger partial charge in [0.25, 0.3) is 5.91 Å². The van der Waals surface area contributed by atoms with E-state index in [2.05, 4.69) is 16.7 Å². The number of nitrogens with one attached hydrogen (secondary N) is 2. The number of carbonyl (C=O) groups excluding carboxylic acids is 1. The summed E-state index contributed by atoms with van der Waals surface area (Å²) in [5, 5.41) is 6.64. The zero-order chi connectivity index (χ0) is 17.5. The van der Waals surface area contributed by atoms with Crippen molar-refractivity contribution in [2.75, 3.05) is 19.0 Å². The van der Waals surface area contributed by atoms with Gasteiger partial charge in [0, 0.05) is 17.3 Å². The van der Waals surface area contributed by atoms with E-state index in [1.165, 1.54) is 24.8 Å². The molecule has 1 atom stereocenters. The Bertz CT molecular complexity index is 691. The number of ether oxygens (including phenoxy) is 1. The molecule has 0 aliphatic carbocycles. The minimum Gasteiger partial charge on any atom is -0.497 e. The maximum atomic E-state index is 12.5. The highest BCUT2D eigenvalue weighted by Crippen LogP contribution is 2.21. The van der Waals surface area contributed by atoms with Gasteiger partial charge in [-0.25, -0.2) is 0 Å². The minimum atomic E-state index is -0.0918. The van der Waals surface area contributed by atoms with Gasteiger partial charge in [0.2, 0.25) is 0 Å². The van der Waals surface area contributed by atoms with Crippen molar-refractivity contribution in [3.8, 4) is 5.75 Å². The van der Waals surface area contributed by atoms with Crippen LogP contribution in [-0.2, 0) is 6.42 Å². The monoisotopic (exact) mass is 338 g/mol. The molecule has 0 radical (unpaired) electrons. The number of amides is 1. The normalized spacial score (nSPS) is 17.1. The Balaban J connectivity index is 1.64. The number of aryl methyl sites for hydroxylation is 1. The predicted octanol–water partition coefficient (Wildman–Crippen LogP) is 4.02. The molecule has 4 nitrogen and oxygen atoms in total. The fourth-order valence-electron chi connectivity index (χ4n) is 3.30. The van der Waals surface area contributed by atoms with Gasteiger partial charge in [-0.1, -0.05) is 24.6 Å². The molecule has 1 fully saturated rings. The van der Waals surface area contributed by atoms with Gasteiger partial charge in [0.05, 0.1) is 7.11 Å². The molecular formula is C21H26N2O2. The van der Waals surface area contributed by atoms with E-state index in [0.717, 1.165) is 30.8 Å². The number of para-hydroxylation sites is 1. The molecule has 1 unspecified atom stereocenters. The van der Waals surface area contributed by atoms with Gasteiger partial charge in [-0.05, 0) is 68.1 Å². The smallest absolute Gasteiger partial charge is 0.255 e. The molecule has 0 spiro atoms. The lowest BCUT2D eigenvalue weighted by Crippen LogP contribution is -2.34. The molecule has 0 saturated carbocycles. The van der Waals surface area contributed by atoms with Gasteiger partial charge < -0.3 is 15.4 Å². The molecule has 1 aliphatic rings. The third-order valence-electron chi connectivity index (χ3n) is 4.79. The van der Waals surface area contributed by atoms with E-state index in [1.807, 2.05) is 18.2 Å². The molecular weight excluding hydrogens is 312 g/mol. The maximum Gasteiger partial charge on any atom is 0.255 e. The zero-order valence-electron chi connectivity index (χ0n) is 14.8. The van der Waals surface area contributed by atoms with Crippen molar-refractivity contribution in [1.82, 2.24) is 5.32 Å². The Labute approximate surface area is 149 Å². The highest BCUT2D eigenvalue weighted by molar-refractivity contribution is 6.04. The van der Waals surface area contributed by atoms with Gasteiger partial charge in [0.15, 0.2) is 0 Å². The summed E-state index contributed by atoms with van der Waals surface area (Å²) >= 11 is 0. The third kappa shape index (κ3) is 4.83. The van der Waals surface area contributed by atoms with Crippen molar-refractivity contribution in [1.29, 1.82) is 0 Å². The number of rotatable bonds is 6. The lowest BCUT2D eigenvalue weighted by molar-refractivity contribution is 0.102. The standard InChI is InChI=1S/C21H26N2O2/c1-25-19-13-10-17(11-14-19)21(24)23-20-8-3-2-6-16(20)9-12-18-7-4-5-15-22-18/h2-3,6,8,10-11,13-14,18,22H,4-5,7,9,12,15H2,1H3,(H,23,24). The van der Waals surface area contributed by atoms with Crippen LogP contribution in [0.2, 0.25) is 0 Å². The summed E-state index contributed by atoms with van der Waals surface area (Å²) in [6, 6.07) is 15.8. The lowest BCUT2D eigenvalue weighted by atomic mass is 9.97. The van der Waals surface area contributed by atoms with Crippen LogP contribution >= 0.6 is 0 Å². The van der Waals surface area contributed by atoms with E-state index in [1.54, 1.807) is 31.4 Å². The van der Waals surface area contributed by atoms with Crippen LogP contribution in [0.15, 0.2) is 48.5 Å². The van der Waals surface area contributed by atoms with Crippen LogP contribution in [0.25, 0.3) is 0 Å². The number of carbonyl (C=O) groups is 1. The molecule has 3 rings (SSSR count). The van der Waals surface area contributed by atoms with Crippen LogP contribution in [0, 0.1) is 0 Å². The SMILES string of the molecule is COc1ccc(C(=O)Nc2ccccc2CCC2CCCCN2)cc1. The van der Waals surface area contributed by atoms with Gasteiger partial charge >= 0.3 is 0 Å². The highest BCUT2D eigenvalue weighted by atomic mass is 16.5. The van der Waals surface area contributed by atoms with Crippen LogP contribution in [0.1, 0.15) is 41.6 Å². The zero-order valence-corrected chi connectivity index (χ0v) is 14.8. The summed E-state index contributed by atoms with van der Waals surface area (Å²) in [7, 11) is 1.62. The second kappa shape index (κ2) is 8.67. The summed E-state index contributed by atoms with van der Waals surface area (Å²) < 4.78 is 5.14. The van der Waals surface area contributed by atoms with E-state index < -0.39 is 0 Å². The molecule has 4 heteroatoms. The molecule has 2 N–H and O–H groups in total. The molecule has 25 heavy (non-hydrogen) atoms. The number of benzene rings is 2. The lowest BCUT2D eigenvalue weighted by Gasteiger charge is -2.23. The van der Waals surface area contributed by atoms with E-state index in [4.69, 9.17) is 4.74 Å². The molecule has 132 valence electrons. The Hall–Kier alpha value is -2.33. The van der Waals surface area contributed by atoms with Gasteiger partial charge in [-0.15, -0.1) is 0 Å². The van der Waals surface area contributed by atoms with Crippen molar-refractivity contribution < 1.29 is 9.53 Å². The van der Waals surface area contributed by atoms with E-state index in [-0.39, 0.29) is 5.91 Å². The fraction of sp³-hybridized carbons (Fsp3) is 0.381. The Kier molecular flexibility index (Phi) is 6.07. The summed E-state index contributed by atoms with van der Waals surface area (Å²) in [6.07, 6.45) is 5.92. The quantitative estimate of drug-likeness (QED) is 0.836. The molecule has 2 aromatic rings. The summed E-state index contributed by atoms with van der Waals surface area (Å²) in [6.45, 7) is 1.13. The molecule has 1 amide bonds. The number of anilines is 1. The second-order valence-electron chi connectivity index (χ2n) is 6.53. The van der Waals surface area contributed by atoms with Crippen molar-refractivity contribution in [2.45, 2.75) is 38.1 Å². The summed E-state index contributed by atoms with van der Waals surface area (Å²) in [4.78, 5) is 12.5. The average molecular weight is 338 g/mol. The minimum absolute atomic E-state index is 0.0918. The van der Waals surface area contributed by atoms with Crippen molar-refractivity contribution >= 4 is 11.6 Å². The molecule has 1 aliphatic heterocycles. The summed E-state index contributed by atoms with van der Waals surface area (Å²) in [5.74, 6) is 0.655. The Morgan fingerprint density at radius 1 is 1.16 bits per heavy atom. The maximum absolute atomic E-state index is 12.5. The summed E-state index contributed by atoms with van der Waals surface area (Å²) in [5.41, 5.74) is 2.72. The van der Waals surface area contributed by atoms with Crippen LogP contribution in [-0.4, -0.2) is 25.6 Å². The molecule has 0 bridgehead atoms. The predicted molar refractivity (Wildman–Crippen MR) is 101 cm³/mol. The first-order valence-electron chi connectivity index (χ1n) is 9.03. The molecule has 0 aromatic heterocycles.